The van der Waals surface area contributed by atoms with Gasteiger partial charge in [-0.2, -0.15) is 4.68 Å². The predicted octanol–water partition coefficient (Wildman–Crippen LogP) is 0.708. The summed E-state index contributed by atoms with van der Waals surface area (Å²) in [7, 11) is 2.00. The molecule has 100 valence electrons. The van der Waals surface area contributed by atoms with Crippen LogP contribution in [0.4, 0.5) is 5.95 Å². The van der Waals surface area contributed by atoms with E-state index < -0.39 is 0 Å². The summed E-state index contributed by atoms with van der Waals surface area (Å²) in [6, 6.07) is 10.0. The number of hydrogen-bond acceptors (Lipinski definition) is 5. The maximum absolute atomic E-state index is 4.18. The maximum Gasteiger partial charge on any atom is 0.250 e. The van der Waals surface area contributed by atoms with Crippen LogP contribution in [0.3, 0.4) is 0 Å². The van der Waals surface area contributed by atoms with Gasteiger partial charge in [-0.05, 0) is 48.5 Å². The number of anilines is 1. The summed E-state index contributed by atoms with van der Waals surface area (Å²) < 4.78 is 1.81. The molecule has 1 fully saturated rings. The highest BCUT2D eigenvalue weighted by Crippen LogP contribution is 2.22. The second kappa shape index (κ2) is 5.36. The number of para-hydroxylation sites is 1. The first-order chi connectivity index (χ1) is 9.38. The minimum Gasteiger partial charge on any atom is -0.339 e. The number of hydrogen-bond donors (Lipinski definition) is 1. The van der Waals surface area contributed by atoms with E-state index in [9.17, 15) is 0 Å². The van der Waals surface area contributed by atoms with Gasteiger partial charge in [-0.1, -0.05) is 23.3 Å². The van der Waals surface area contributed by atoms with Gasteiger partial charge in [0.2, 0.25) is 5.95 Å². The fourth-order valence-corrected chi connectivity index (χ4v) is 2.59. The van der Waals surface area contributed by atoms with Crippen molar-refractivity contribution in [2.75, 3.05) is 31.6 Å². The van der Waals surface area contributed by atoms with Crippen LogP contribution in [0, 0.1) is 5.92 Å². The lowest BCUT2D eigenvalue weighted by Gasteiger charge is -2.17. The minimum atomic E-state index is 0.672. The van der Waals surface area contributed by atoms with E-state index in [0.29, 0.717) is 5.92 Å². The number of nitrogens with one attached hydrogen (secondary N) is 1. The molecule has 0 radical (unpaired) electrons. The molecule has 2 heterocycles. The van der Waals surface area contributed by atoms with Crippen molar-refractivity contribution in [2.24, 2.45) is 5.92 Å². The Labute approximate surface area is 112 Å². The topological polar surface area (TPSA) is 58.9 Å². The van der Waals surface area contributed by atoms with Crippen molar-refractivity contribution in [3.05, 3.63) is 30.3 Å². The molecule has 6 nitrogen and oxygen atoms in total. The minimum absolute atomic E-state index is 0.672. The van der Waals surface area contributed by atoms with Crippen molar-refractivity contribution in [1.82, 2.24) is 25.5 Å². The van der Waals surface area contributed by atoms with Crippen LogP contribution in [0.5, 0.6) is 0 Å². The fourth-order valence-electron chi connectivity index (χ4n) is 2.59. The molecule has 0 aliphatic carbocycles. The Morgan fingerprint density at radius 3 is 2.95 bits per heavy atom. The molecule has 1 aliphatic heterocycles. The summed E-state index contributed by atoms with van der Waals surface area (Å²) in [6.45, 7) is 3.07. The van der Waals surface area contributed by atoms with Crippen LogP contribution in [0.25, 0.3) is 5.69 Å². The molecule has 0 bridgehead atoms. The lowest BCUT2D eigenvalue weighted by molar-refractivity contribution is 0.548. The van der Waals surface area contributed by atoms with E-state index in [2.05, 4.69) is 25.7 Å². The van der Waals surface area contributed by atoms with Gasteiger partial charge < -0.3 is 10.2 Å². The Morgan fingerprint density at radius 1 is 1.32 bits per heavy atom. The largest absolute Gasteiger partial charge is 0.339 e. The monoisotopic (exact) mass is 258 g/mol. The molecule has 1 N–H and O–H groups in total. The number of aromatic nitrogens is 4. The van der Waals surface area contributed by atoms with E-state index in [4.69, 9.17) is 0 Å². The number of rotatable bonds is 4. The molecule has 1 unspecified atom stereocenters. The van der Waals surface area contributed by atoms with Crippen LogP contribution in [-0.4, -0.2) is 46.9 Å². The molecule has 3 rings (SSSR count). The fraction of sp³-hybridized carbons (Fsp3) is 0.462. The van der Waals surface area contributed by atoms with Crippen molar-refractivity contribution >= 4 is 5.95 Å². The Balaban J connectivity index is 1.82. The summed E-state index contributed by atoms with van der Waals surface area (Å²) in [6.07, 6.45) is 1.18. The smallest absolute Gasteiger partial charge is 0.250 e. The zero-order valence-corrected chi connectivity index (χ0v) is 11.0. The van der Waals surface area contributed by atoms with E-state index in [1.165, 1.54) is 6.42 Å². The molecule has 0 spiro atoms. The SMILES string of the molecule is CNCC1CCN(c2nnnn2-c2ccccc2)C1. The van der Waals surface area contributed by atoms with Gasteiger partial charge in [0.1, 0.15) is 0 Å². The van der Waals surface area contributed by atoms with Gasteiger partial charge in [0.15, 0.2) is 0 Å². The van der Waals surface area contributed by atoms with Crippen molar-refractivity contribution in [3.8, 4) is 5.69 Å². The van der Waals surface area contributed by atoms with Crippen LogP contribution < -0.4 is 10.2 Å². The molecule has 1 aromatic heterocycles. The third-order valence-electron chi connectivity index (χ3n) is 3.52. The molecule has 0 amide bonds. The average molecular weight is 258 g/mol. The first kappa shape index (κ1) is 12.1. The molecular weight excluding hydrogens is 240 g/mol. The van der Waals surface area contributed by atoms with Crippen molar-refractivity contribution in [3.63, 3.8) is 0 Å². The average Bonchev–Trinajstić information content (AvgIpc) is 3.08. The third kappa shape index (κ3) is 2.44. The van der Waals surface area contributed by atoms with Crippen LogP contribution in [0.15, 0.2) is 30.3 Å². The molecular formula is C13H18N6. The summed E-state index contributed by atoms with van der Waals surface area (Å²) in [5, 5.41) is 15.3. The zero-order chi connectivity index (χ0) is 13.1. The van der Waals surface area contributed by atoms with Gasteiger partial charge in [-0.15, -0.1) is 0 Å². The Bertz CT molecular complexity index is 523. The Morgan fingerprint density at radius 2 is 2.16 bits per heavy atom. The quantitative estimate of drug-likeness (QED) is 0.875. The van der Waals surface area contributed by atoms with Gasteiger partial charge in [0, 0.05) is 13.1 Å². The predicted molar refractivity (Wildman–Crippen MR) is 73.4 cm³/mol. The van der Waals surface area contributed by atoms with E-state index in [0.717, 1.165) is 31.3 Å². The second-order valence-corrected chi connectivity index (χ2v) is 4.88. The Kier molecular flexibility index (Phi) is 3.41. The number of benzene rings is 1. The van der Waals surface area contributed by atoms with Gasteiger partial charge in [0.05, 0.1) is 5.69 Å². The zero-order valence-electron chi connectivity index (χ0n) is 11.0. The molecule has 1 atom stereocenters. The number of tetrazole rings is 1. The highest BCUT2D eigenvalue weighted by Gasteiger charge is 2.26. The lowest BCUT2D eigenvalue weighted by atomic mass is 10.1. The molecule has 19 heavy (non-hydrogen) atoms. The highest BCUT2D eigenvalue weighted by atomic mass is 15.6. The molecule has 0 saturated carbocycles. The van der Waals surface area contributed by atoms with E-state index in [1.807, 2.05) is 42.1 Å². The maximum atomic E-state index is 4.18. The van der Waals surface area contributed by atoms with Gasteiger partial charge >= 0.3 is 0 Å². The van der Waals surface area contributed by atoms with Gasteiger partial charge in [-0.3, -0.25) is 0 Å². The van der Waals surface area contributed by atoms with Crippen LogP contribution in [0.1, 0.15) is 6.42 Å². The summed E-state index contributed by atoms with van der Waals surface area (Å²) in [5.41, 5.74) is 1.000. The summed E-state index contributed by atoms with van der Waals surface area (Å²) in [5.74, 6) is 1.51. The standard InChI is InChI=1S/C13H18N6/c1-14-9-11-7-8-18(10-11)13-15-16-17-19(13)12-5-3-2-4-6-12/h2-6,11,14H,7-10H2,1H3. The first-order valence-electron chi connectivity index (χ1n) is 6.62. The van der Waals surface area contributed by atoms with Crippen molar-refractivity contribution in [1.29, 1.82) is 0 Å². The van der Waals surface area contributed by atoms with Crippen molar-refractivity contribution < 1.29 is 0 Å². The summed E-state index contributed by atoms with van der Waals surface area (Å²) in [4.78, 5) is 2.26. The molecule has 1 saturated heterocycles. The highest BCUT2D eigenvalue weighted by molar-refractivity contribution is 5.41. The molecule has 2 aromatic rings. The first-order valence-corrected chi connectivity index (χ1v) is 6.62. The molecule has 1 aliphatic rings. The number of nitrogens with zero attached hydrogens (tertiary/aromatic N) is 5. The van der Waals surface area contributed by atoms with E-state index >= 15 is 0 Å². The van der Waals surface area contributed by atoms with Crippen molar-refractivity contribution in [2.45, 2.75) is 6.42 Å². The Hall–Kier alpha value is -1.95. The van der Waals surface area contributed by atoms with Gasteiger partial charge in [0.25, 0.3) is 0 Å². The summed E-state index contributed by atoms with van der Waals surface area (Å²) >= 11 is 0. The molecule has 6 heteroatoms. The van der Waals surface area contributed by atoms with Gasteiger partial charge in [-0.25, -0.2) is 0 Å². The normalized spacial score (nSPS) is 19.0. The third-order valence-corrected chi connectivity index (χ3v) is 3.52. The van der Waals surface area contributed by atoms with E-state index in [-0.39, 0.29) is 0 Å². The lowest BCUT2D eigenvalue weighted by Crippen LogP contribution is -2.26. The van der Waals surface area contributed by atoms with Crippen LogP contribution in [0.2, 0.25) is 0 Å². The van der Waals surface area contributed by atoms with E-state index in [1.54, 1.807) is 0 Å². The second-order valence-electron chi connectivity index (χ2n) is 4.88. The molecule has 1 aromatic carbocycles. The van der Waals surface area contributed by atoms with Crippen LogP contribution in [-0.2, 0) is 0 Å². The van der Waals surface area contributed by atoms with Crippen LogP contribution >= 0.6 is 0 Å².